The molecule has 4 aromatic rings. The van der Waals surface area contributed by atoms with Gasteiger partial charge in [-0.2, -0.15) is 0 Å². The number of anilines is 2. The molecule has 0 aliphatic carbocycles. The number of hydrogen-bond donors (Lipinski definition) is 3. The van der Waals surface area contributed by atoms with Crippen molar-refractivity contribution in [3.05, 3.63) is 59.4 Å². The Hall–Kier alpha value is -3.12. The zero-order valence-electron chi connectivity index (χ0n) is 17.7. The van der Waals surface area contributed by atoms with Crippen LogP contribution in [0.15, 0.2) is 42.5 Å². The first-order valence-corrected chi connectivity index (χ1v) is 10.6. The average molecular weight is 404 g/mol. The smallest absolute Gasteiger partial charge is 0.154 e. The molecule has 0 radical (unpaired) electrons. The van der Waals surface area contributed by atoms with Crippen molar-refractivity contribution < 1.29 is 5.11 Å². The maximum atomic E-state index is 9.55. The second kappa shape index (κ2) is 8.71. The van der Waals surface area contributed by atoms with Gasteiger partial charge in [-0.3, -0.25) is 0 Å². The lowest BCUT2D eigenvalue weighted by atomic mass is 10.1. The number of pyridine rings is 1. The van der Waals surface area contributed by atoms with Crippen LogP contribution in [0.4, 0.5) is 11.5 Å². The molecule has 2 heterocycles. The van der Waals surface area contributed by atoms with Crippen LogP contribution in [-0.2, 0) is 26.0 Å². The van der Waals surface area contributed by atoms with Crippen LogP contribution in [0.1, 0.15) is 36.7 Å². The lowest BCUT2D eigenvalue weighted by molar-refractivity contribution is 0.282. The van der Waals surface area contributed by atoms with Gasteiger partial charge in [-0.05, 0) is 42.2 Å². The molecular formula is C24H29N5O. The number of rotatable bonds is 8. The Kier molecular flexibility index (Phi) is 5.86. The summed E-state index contributed by atoms with van der Waals surface area (Å²) >= 11 is 0. The average Bonchev–Trinajstić information content (AvgIpc) is 3.14. The van der Waals surface area contributed by atoms with Gasteiger partial charge in [0.15, 0.2) is 5.82 Å². The zero-order valence-corrected chi connectivity index (χ0v) is 17.7. The standard InChI is InChI=1S/C24H29N5O/c1-3-4-5-21-28-22-23(29(21)13-12-16-6-9-18(25)10-7-16)19-11-8-17(15-30)14-20(19)27-24(22)26-2/h6-11,14,30H,3-5,12-13,15,25H2,1-2H3,(H,26,27). The van der Waals surface area contributed by atoms with Gasteiger partial charge in [-0.15, -0.1) is 0 Å². The topological polar surface area (TPSA) is 89.0 Å². The number of nitrogens with one attached hydrogen (secondary N) is 1. The highest BCUT2D eigenvalue weighted by atomic mass is 16.3. The highest BCUT2D eigenvalue weighted by Crippen LogP contribution is 2.31. The molecule has 156 valence electrons. The Bertz CT molecular complexity index is 1160. The summed E-state index contributed by atoms with van der Waals surface area (Å²) in [5.74, 6) is 1.87. The van der Waals surface area contributed by atoms with E-state index in [0.717, 1.165) is 77.1 Å². The minimum absolute atomic E-state index is 0.00267. The molecule has 0 amide bonds. The van der Waals surface area contributed by atoms with Gasteiger partial charge in [0.25, 0.3) is 0 Å². The summed E-state index contributed by atoms with van der Waals surface area (Å²) in [6.45, 7) is 3.04. The maximum Gasteiger partial charge on any atom is 0.154 e. The van der Waals surface area contributed by atoms with Crippen LogP contribution >= 0.6 is 0 Å². The number of imidazole rings is 1. The number of hydrogen-bond acceptors (Lipinski definition) is 5. The van der Waals surface area contributed by atoms with Gasteiger partial charge in [0.2, 0.25) is 0 Å². The predicted octanol–water partition coefficient (Wildman–Crippen LogP) is 4.29. The minimum atomic E-state index is 0.00267. The summed E-state index contributed by atoms with van der Waals surface area (Å²) in [6, 6.07) is 14.1. The van der Waals surface area contributed by atoms with E-state index in [1.54, 1.807) is 0 Å². The number of aliphatic hydroxyl groups excluding tert-OH is 1. The first-order chi connectivity index (χ1) is 14.6. The van der Waals surface area contributed by atoms with E-state index in [1.807, 2.05) is 31.3 Å². The van der Waals surface area contributed by atoms with Gasteiger partial charge in [-0.25, -0.2) is 9.97 Å². The molecule has 0 aliphatic rings. The summed E-state index contributed by atoms with van der Waals surface area (Å²) in [4.78, 5) is 9.79. The number of unbranched alkanes of at least 4 members (excludes halogenated alkanes) is 1. The van der Waals surface area contributed by atoms with Crippen LogP contribution in [0.3, 0.4) is 0 Å². The van der Waals surface area contributed by atoms with E-state index in [1.165, 1.54) is 5.56 Å². The molecule has 6 heteroatoms. The number of nitrogens with two attached hydrogens (primary N) is 1. The lowest BCUT2D eigenvalue weighted by Crippen LogP contribution is -2.07. The Morgan fingerprint density at radius 2 is 1.80 bits per heavy atom. The fraction of sp³-hybridized carbons (Fsp3) is 0.333. The number of aliphatic hydroxyl groups is 1. The van der Waals surface area contributed by atoms with Crippen LogP contribution in [0.5, 0.6) is 0 Å². The third-order valence-corrected chi connectivity index (χ3v) is 5.60. The fourth-order valence-electron chi connectivity index (χ4n) is 3.95. The molecule has 0 saturated heterocycles. The summed E-state index contributed by atoms with van der Waals surface area (Å²) in [7, 11) is 1.88. The van der Waals surface area contributed by atoms with E-state index in [2.05, 4.69) is 35.0 Å². The number of aromatic nitrogens is 3. The molecule has 30 heavy (non-hydrogen) atoms. The van der Waals surface area contributed by atoms with Crippen LogP contribution in [0.25, 0.3) is 21.9 Å². The SMILES string of the molecule is CCCCc1nc2c(NC)nc3cc(CO)ccc3c2n1CCc1ccc(N)cc1. The summed E-state index contributed by atoms with van der Waals surface area (Å²) in [6.07, 6.45) is 4.06. The molecule has 0 atom stereocenters. The molecule has 0 fully saturated rings. The summed E-state index contributed by atoms with van der Waals surface area (Å²) in [5.41, 5.74) is 11.6. The third kappa shape index (κ3) is 3.83. The number of fused-ring (bicyclic) bond motifs is 3. The van der Waals surface area contributed by atoms with Crippen molar-refractivity contribution in [3.8, 4) is 0 Å². The van der Waals surface area contributed by atoms with Gasteiger partial charge in [0.05, 0.1) is 17.6 Å². The van der Waals surface area contributed by atoms with Crippen molar-refractivity contribution in [2.75, 3.05) is 18.1 Å². The Morgan fingerprint density at radius 1 is 1.03 bits per heavy atom. The van der Waals surface area contributed by atoms with Crippen molar-refractivity contribution in [1.29, 1.82) is 0 Å². The van der Waals surface area contributed by atoms with Crippen molar-refractivity contribution in [2.24, 2.45) is 0 Å². The van der Waals surface area contributed by atoms with E-state index in [4.69, 9.17) is 15.7 Å². The van der Waals surface area contributed by atoms with Crippen molar-refractivity contribution in [2.45, 2.75) is 45.8 Å². The van der Waals surface area contributed by atoms with Gasteiger partial charge in [0, 0.05) is 31.1 Å². The molecule has 0 bridgehead atoms. The quantitative estimate of drug-likeness (QED) is 0.382. The molecule has 4 N–H and O–H groups in total. The highest BCUT2D eigenvalue weighted by Gasteiger charge is 2.18. The lowest BCUT2D eigenvalue weighted by Gasteiger charge is -2.12. The second-order valence-electron chi connectivity index (χ2n) is 7.69. The van der Waals surface area contributed by atoms with Crippen molar-refractivity contribution >= 4 is 33.4 Å². The maximum absolute atomic E-state index is 9.55. The molecule has 0 spiro atoms. The highest BCUT2D eigenvalue weighted by molar-refractivity contribution is 6.07. The first-order valence-electron chi connectivity index (χ1n) is 10.6. The zero-order chi connectivity index (χ0) is 21.1. The van der Waals surface area contributed by atoms with Gasteiger partial charge < -0.3 is 20.7 Å². The van der Waals surface area contributed by atoms with E-state index in [-0.39, 0.29) is 6.61 Å². The Morgan fingerprint density at radius 3 is 2.50 bits per heavy atom. The van der Waals surface area contributed by atoms with E-state index in [9.17, 15) is 5.11 Å². The van der Waals surface area contributed by atoms with E-state index < -0.39 is 0 Å². The van der Waals surface area contributed by atoms with Crippen molar-refractivity contribution in [1.82, 2.24) is 14.5 Å². The fourth-order valence-corrected chi connectivity index (χ4v) is 3.95. The Labute approximate surface area is 176 Å². The normalized spacial score (nSPS) is 11.4. The molecule has 0 saturated carbocycles. The second-order valence-corrected chi connectivity index (χ2v) is 7.69. The van der Waals surface area contributed by atoms with E-state index in [0.29, 0.717) is 0 Å². The monoisotopic (exact) mass is 403 g/mol. The molecule has 0 unspecified atom stereocenters. The largest absolute Gasteiger partial charge is 0.399 e. The van der Waals surface area contributed by atoms with Crippen LogP contribution in [0.2, 0.25) is 0 Å². The number of nitrogens with zero attached hydrogens (tertiary/aromatic N) is 3. The van der Waals surface area contributed by atoms with Gasteiger partial charge in [-0.1, -0.05) is 37.6 Å². The summed E-state index contributed by atoms with van der Waals surface area (Å²) in [5, 5.41) is 13.8. The third-order valence-electron chi connectivity index (χ3n) is 5.60. The number of nitrogen functional groups attached to an aromatic ring is 1. The van der Waals surface area contributed by atoms with Crippen LogP contribution < -0.4 is 11.1 Å². The number of benzene rings is 2. The first kappa shape index (κ1) is 20.2. The molecule has 2 aromatic carbocycles. The predicted molar refractivity (Wildman–Crippen MR) is 124 cm³/mol. The molecule has 2 aromatic heterocycles. The molecule has 6 nitrogen and oxygen atoms in total. The molecular weight excluding hydrogens is 374 g/mol. The Balaban J connectivity index is 1.87. The minimum Gasteiger partial charge on any atom is -0.399 e. The van der Waals surface area contributed by atoms with Crippen LogP contribution in [-0.4, -0.2) is 26.7 Å². The van der Waals surface area contributed by atoms with Crippen LogP contribution in [0, 0.1) is 0 Å². The van der Waals surface area contributed by atoms with Gasteiger partial charge in [0.1, 0.15) is 11.3 Å². The molecule has 4 rings (SSSR count). The molecule has 0 aliphatic heterocycles. The van der Waals surface area contributed by atoms with E-state index >= 15 is 0 Å². The summed E-state index contributed by atoms with van der Waals surface area (Å²) < 4.78 is 2.35. The van der Waals surface area contributed by atoms with Gasteiger partial charge >= 0.3 is 0 Å². The number of aryl methyl sites for hydroxylation is 3. The van der Waals surface area contributed by atoms with Crippen molar-refractivity contribution in [3.63, 3.8) is 0 Å².